The van der Waals surface area contributed by atoms with E-state index in [1.165, 1.54) is 11.1 Å². The van der Waals surface area contributed by atoms with Crippen LogP contribution in [0.1, 0.15) is 54.0 Å². The summed E-state index contributed by atoms with van der Waals surface area (Å²) in [5, 5.41) is 20.0. The molecule has 174 valence electrons. The van der Waals surface area contributed by atoms with Crippen molar-refractivity contribution in [1.29, 1.82) is 5.26 Å². The lowest BCUT2D eigenvalue weighted by molar-refractivity contribution is -0.0608. The molecule has 0 amide bonds. The number of rotatable bonds is 3. The highest BCUT2D eigenvalue weighted by molar-refractivity contribution is 7.92. The van der Waals surface area contributed by atoms with E-state index in [4.69, 9.17) is 10.00 Å². The molecule has 33 heavy (non-hydrogen) atoms. The standard InChI is InChI=1S/C25H29N3O4S/c1-33(30,31)27-20-5-7-24-22(14-20)23(29)15-25(32-24)8-10-28(11-9-25)21-6-4-18-12-17(16-26)2-3-19(18)13-21/h2-3,5,7,12,14,21,23,27,29H,4,6,8-11,13,15H2,1H3/i33+3. The lowest BCUT2D eigenvalue weighted by Crippen LogP contribution is -2.53. The fourth-order valence-corrected chi connectivity index (χ4v) is 6.19. The monoisotopic (exact) mass is 470 g/mol. The number of aliphatic hydroxyl groups is 1. The summed E-state index contributed by atoms with van der Waals surface area (Å²) in [5.41, 5.74) is 4.07. The van der Waals surface area contributed by atoms with Gasteiger partial charge in [0.05, 0.1) is 24.0 Å². The van der Waals surface area contributed by atoms with Gasteiger partial charge in [0.15, 0.2) is 0 Å². The first-order valence-corrected chi connectivity index (χ1v) is 13.4. The second-order valence-corrected chi connectivity index (χ2v) is 11.4. The molecule has 8 heteroatoms. The number of nitrogens with zero attached hydrogens (tertiary/aromatic N) is 2. The van der Waals surface area contributed by atoms with Crippen molar-refractivity contribution in [2.24, 2.45) is 0 Å². The Balaban J connectivity index is 1.25. The van der Waals surface area contributed by atoms with Crippen LogP contribution in [0.4, 0.5) is 5.69 Å². The lowest BCUT2D eigenvalue weighted by atomic mass is 9.80. The van der Waals surface area contributed by atoms with Crippen molar-refractivity contribution in [2.45, 2.75) is 56.3 Å². The average molecular weight is 470 g/mol. The Morgan fingerprint density at radius 3 is 2.70 bits per heavy atom. The number of aliphatic hydroxyl groups excluding tert-OH is 1. The molecule has 0 radical (unpaired) electrons. The van der Waals surface area contributed by atoms with Gasteiger partial charge in [-0.05, 0) is 73.6 Å². The van der Waals surface area contributed by atoms with Gasteiger partial charge in [-0.1, -0.05) is 6.07 Å². The Kier molecular flexibility index (Phi) is 5.60. The summed E-state index contributed by atoms with van der Waals surface area (Å²) in [5.74, 6) is 0.640. The summed E-state index contributed by atoms with van der Waals surface area (Å²) >= 11 is 0. The number of anilines is 1. The molecule has 3 aliphatic rings. The Labute approximate surface area is 195 Å². The molecule has 2 aromatic carbocycles. The maximum Gasteiger partial charge on any atom is 0.229 e. The van der Waals surface area contributed by atoms with Crippen molar-refractivity contribution in [3.05, 3.63) is 58.7 Å². The van der Waals surface area contributed by atoms with Crippen LogP contribution in [-0.2, 0) is 22.9 Å². The van der Waals surface area contributed by atoms with Gasteiger partial charge in [-0.15, -0.1) is 0 Å². The smallest absolute Gasteiger partial charge is 0.229 e. The highest BCUT2D eigenvalue weighted by Crippen LogP contribution is 2.45. The minimum absolute atomic E-state index is 0.386. The zero-order chi connectivity index (χ0) is 23.2. The summed E-state index contributed by atoms with van der Waals surface area (Å²) in [6.45, 7) is 1.85. The number of hydrogen-bond donors (Lipinski definition) is 2. The molecule has 2 heterocycles. The largest absolute Gasteiger partial charge is 0.487 e. The molecule has 2 aromatic rings. The first-order chi connectivity index (χ1) is 15.7. The predicted octanol–water partition coefficient (Wildman–Crippen LogP) is 3.14. The fraction of sp³-hybridized carbons (Fsp3) is 0.480. The minimum atomic E-state index is -3.38. The average Bonchev–Trinajstić information content (AvgIpc) is 2.78. The third-order valence-corrected chi connectivity index (χ3v) is 7.93. The maximum atomic E-state index is 11.5. The Morgan fingerprint density at radius 1 is 1.18 bits per heavy atom. The molecule has 1 saturated heterocycles. The summed E-state index contributed by atoms with van der Waals surface area (Å²) < 4.78 is 32.0. The second-order valence-electron chi connectivity index (χ2n) is 9.66. The summed E-state index contributed by atoms with van der Waals surface area (Å²) in [6.07, 6.45) is 5.75. The highest BCUT2D eigenvalue weighted by atomic mass is 35.1. The SMILES string of the molecule is C[35S](=O)(=O)Nc1ccc2c(c1)C(O)CC1(CCN(C3CCc4cc(C#N)ccc4C3)CC1)O2. The molecule has 0 saturated carbocycles. The van der Waals surface area contributed by atoms with Crippen molar-refractivity contribution in [3.63, 3.8) is 0 Å². The number of fused-ring (bicyclic) bond motifs is 2. The van der Waals surface area contributed by atoms with Crippen LogP contribution in [-0.4, -0.2) is 49.4 Å². The third kappa shape index (κ3) is 4.58. The third-order valence-electron chi connectivity index (χ3n) is 7.33. The molecule has 0 aromatic heterocycles. The second kappa shape index (κ2) is 8.32. The number of nitrogens with one attached hydrogen (secondary N) is 1. The molecule has 2 aliphatic heterocycles. The van der Waals surface area contributed by atoms with Crippen LogP contribution in [0.15, 0.2) is 36.4 Å². The quantitative estimate of drug-likeness (QED) is 0.715. The van der Waals surface area contributed by atoms with Crippen LogP contribution in [0.5, 0.6) is 5.75 Å². The van der Waals surface area contributed by atoms with Gasteiger partial charge in [0, 0.05) is 36.8 Å². The van der Waals surface area contributed by atoms with Gasteiger partial charge >= 0.3 is 0 Å². The number of likely N-dealkylation sites (tertiary alicyclic amines) is 1. The van der Waals surface area contributed by atoms with E-state index in [0.29, 0.717) is 29.5 Å². The first kappa shape index (κ1) is 22.2. The van der Waals surface area contributed by atoms with E-state index in [1.807, 2.05) is 12.1 Å². The predicted molar refractivity (Wildman–Crippen MR) is 126 cm³/mol. The topological polar surface area (TPSA) is 103 Å². The van der Waals surface area contributed by atoms with Crippen LogP contribution < -0.4 is 9.46 Å². The minimum Gasteiger partial charge on any atom is -0.487 e. The molecule has 7 nitrogen and oxygen atoms in total. The number of nitriles is 1. The van der Waals surface area contributed by atoms with Crippen molar-refractivity contribution in [3.8, 4) is 11.8 Å². The lowest BCUT2D eigenvalue weighted by Gasteiger charge is -2.48. The van der Waals surface area contributed by atoms with Gasteiger partial charge in [0.25, 0.3) is 0 Å². The van der Waals surface area contributed by atoms with Crippen LogP contribution in [0, 0.1) is 11.3 Å². The Morgan fingerprint density at radius 2 is 1.97 bits per heavy atom. The summed E-state index contributed by atoms with van der Waals surface area (Å²) in [4.78, 5) is 2.55. The van der Waals surface area contributed by atoms with E-state index in [1.54, 1.807) is 18.2 Å². The van der Waals surface area contributed by atoms with Crippen LogP contribution in [0.2, 0.25) is 0 Å². The summed E-state index contributed by atoms with van der Waals surface area (Å²) in [7, 11) is -3.38. The van der Waals surface area contributed by atoms with E-state index in [-0.39, 0.29) is 5.60 Å². The molecular weight excluding hydrogens is 441 g/mol. The first-order valence-electron chi connectivity index (χ1n) is 11.5. The van der Waals surface area contributed by atoms with Crippen molar-refractivity contribution in [2.75, 3.05) is 24.1 Å². The molecule has 0 bridgehead atoms. The van der Waals surface area contributed by atoms with E-state index in [2.05, 4.69) is 21.8 Å². The Bertz CT molecular complexity index is 1210. The van der Waals surface area contributed by atoms with E-state index in [0.717, 1.165) is 57.0 Å². The van der Waals surface area contributed by atoms with Crippen molar-refractivity contribution < 1.29 is 18.3 Å². The van der Waals surface area contributed by atoms with Gasteiger partial charge in [0.2, 0.25) is 10.0 Å². The maximum absolute atomic E-state index is 11.5. The normalized spacial score (nSPS) is 24.3. The molecule has 1 aliphatic carbocycles. The van der Waals surface area contributed by atoms with E-state index < -0.39 is 16.1 Å². The molecule has 1 spiro atoms. The van der Waals surface area contributed by atoms with Crippen LogP contribution >= 0.6 is 0 Å². The van der Waals surface area contributed by atoms with E-state index in [9.17, 15) is 13.5 Å². The number of aryl methyl sites for hydroxylation is 1. The van der Waals surface area contributed by atoms with Crippen LogP contribution in [0.3, 0.4) is 0 Å². The highest BCUT2D eigenvalue weighted by Gasteiger charge is 2.44. The number of benzene rings is 2. The molecule has 2 atom stereocenters. The number of hydrogen-bond acceptors (Lipinski definition) is 6. The van der Waals surface area contributed by atoms with Gasteiger partial charge in [-0.2, -0.15) is 5.26 Å². The van der Waals surface area contributed by atoms with Gasteiger partial charge in [-0.3, -0.25) is 9.62 Å². The molecular formula is C25H29N3O4S. The number of ether oxygens (including phenoxy) is 1. The molecule has 1 fully saturated rings. The number of piperidine rings is 1. The van der Waals surface area contributed by atoms with Gasteiger partial charge < -0.3 is 9.84 Å². The molecule has 5 rings (SSSR count). The molecule has 2 N–H and O–H groups in total. The van der Waals surface area contributed by atoms with Gasteiger partial charge in [0.1, 0.15) is 11.4 Å². The van der Waals surface area contributed by atoms with E-state index >= 15 is 0 Å². The van der Waals surface area contributed by atoms with Crippen molar-refractivity contribution >= 4 is 15.7 Å². The zero-order valence-corrected chi connectivity index (χ0v) is 19.6. The number of sulfonamides is 1. The molecule has 2 unspecified atom stereocenters. The Hall–Kier alpha value is -2.60. The fourth-order valence-electron chi connectivity index (χ4n) is 5.64. The van der Waals surface area contributed by atoms with Gasteiger partial charge in [-0.25, -0.2) is 8.42 Å². The summed E-state index contributed by atoms with van der Waals surface area (Å²) in [6, 6.07) is 13.9. The van der Waals surface area contributed by atoms with Crippen molar-refractivity contribution in [1.82, 2.24) is 4.90 Å². The van der Waals surface area contributed by atoms with Crippen LogP contribution in [0.25, 0.3) is 0 Å². The zero-order valence-electron chi connectivity index (χ0n) is 18.8.